The van der Waals surface area contributed by atoms with Crippen LogP contribution in [0.1, 0.15) is 22.0 Å². The monoisotopic (exact) mass is 300 g/mol. The first-order chi connectivity index (χ1) is 10.6. The normalized spacial score (nSPS) is 16.8. The Morgan fingerprint density at radius 2 is 1.91 bits per heavy atom. The molecule has 1 fully saturated rings. The summed E-state index contributed by atoms with van der Waals surface area (Å²) >= 11 is 0. The number of cyclic esters (lactones) is 1. The van der Waals surface area contributed by atoms with Crippen LogP contribution in [0.5, 0.6) is 0 Å². The van der Waals surface area contributed by atoms with Gasteiger partial charge in [0.25, 0.3) is 5.91 Å². The summed E-state index contributed by atoms with van der Waals surface area (Å²) < 4.78 is 18.6. The molecule has 1 aliphatic heterocycles. The lowest BCUT2D eigenvalue weighted by Gasteiger charge is -2.10. The summed E-state index contributed by atoms with van der Waals surface area (Å²) in [7, 11) is 0. The SMILES string of the molecule is O=C1NCC(c2ccc(NC(=O)c3ccccc3F)cc2)O1. The Labute approximate surface area is 126 Å². The fourth-order valence-corrected chi connectivity index (χ4v) is 2.20. The molecule has 22 heavy (non-hydrogen) atoms. The van der Waals surface area contributed by atoms with E-state index in [2.05, 4.69) is 10.6 Å². The summed E-state index contributed by atoms with van der Waals surface area (Å²) in [5, 5.41) is 5.19. The summed E-state index contributed by atoms with van der Waals surface area (Å²) in [6.07, 6.45) is -0.772. The molecule has 2 aromatic rings. The van der Waals surface area contributed by atoms with Gasteiger partial charge in [-0.3, -0.25) is 4.79 Å². The van der Waals surface area contributed by atoms with Crippen LogP contribution in [-0.2, 0) is 4.74 Å². The van der Waals surface area contributed by atoms with Gasteiger partial charge in [0.1, 0.15) is 11.9 Å². The number of carbonyl (C=O) groups is 2. The molecule has 1 saturated heterocycles. The van der Waals surface area contributed by atoms with Gasteiger partial charge in [0.2, 0.25) is 0 Å². The van der Waals surface area contributed by atoms with Gasteiger partial charge in [-0.05, 0) is 29.8 Å². The largest absolute Gasteiger partial charge is 0.439 e. The minimum absolute atomic E-state index is 0.0134. The maximum absolute atomic E-state index is 13.5. The van der Waals surface area contributed by atoms with Crippen LogP contribution in [0, 0.1) is 5.82 Å². The Bertz CT molecular complexity index is 716. The summed E-state index contributed by atoms with van der Waals surface area (Å²) in [5.41, 5.74) is 1.34. The van der Waals surface area contributed by atoms with E-state index in [1.54, 1.807) is 30.3 Å². The van der Waals surface area contributed by atoms with Crippen molar-refractivity contribution in [3.05, 3.63) is 65.5 Å². The molecule has 5 nitrogen and oxygen atoms in total. The molecule has 2 amide bonds. The Morgan fingerprint density at radius 3 is 2.55 bits per heavy atom. The second-order valence-corrected chi connectivity index (χ2v) is 4.83. The average Bonchev–Trinajstić information content (AvgIpc) is 2.95. The first kappa shape index (κ1) is 14.1. The van der Waals surface area contributed by atoms with E-state index in [4.69, 9.17) is 4.74 Å². The smallest absolute Gasteiger partial charge is 0.407 e. The third-order valence-electron chi connectivity index (χ3n) is 3.34. The lowest BCUT2D eigenvalue weighted by atomic mass is 10.1. The van der Waals surface area contributed by atoms with E-state index in [0.717, 1.165) is 5.56 Å². The van der Waals surface area contributed by atoms with E-state index in [1.807, 2.05) is 0 Å². The predicted molar refractivity (Wildman–Crippen MR) is 78.0 cm³/mol. The molecule has 1 heterocycles. The Morgan fingerprint density at radius 1 is 1.18 bits per heavy atom. The van der Waals surface area contributed by atoms with Crippen molar-refractivity contribution >= 4 is 17.7 Å². The third-order valence-corrected chi connectivity index (χ3v) is 3.34. The highest BCUT2D eigenvalue weighted by molar-refractivity contribution is 6.04. The van der Waals surface area contributed by atoms with E-state index < -0.39 is 17.8 Å². The topological polar surface area (TPSA) is 67.4 Å². The van der Waals surface area contributed by atoms with Crippen molar-refractivity contribution in [3.8, 4) is 0 Å². The number of alkyl carbamates (subject to hydrolysis) is 1. The van der Waals surface area contributed by atoms with E-state index in [9.17, 15) is 14.0 Å². The number of carbonyl (C=O) groups excluding carboxylic acids is 2. The van der Waals surface area contributed by atoms with Crippen LogP contribution in [-0.4, -0.2) is 18.5 Å². The van der Waals surface area contributed by atoms with E-state index >= 15 is 0 Å². The number of nitrogens with one attached hydrogen (secondary N) is 2. The molecule has 2 aromatic carbocycles. The van der Waals surface area contributed by atoms with Crippen molar-refractivity contribution in [1.29, 1.82) is 0 Å². The number of ether oxygens (including phenoxy) is 1. The summed E-state index contributed by atoms with van der Waals surface area (Å²) in [6.45, 7) is 0.416. The number of rotatable bonds is 3. The lowest BCUT2D eigenvalue weighted by molar-refractivity contribution is 0.102. The highest BCUT2D eigenvalue weighted by Crippen LogP contribution is 2.22. The number of halogens is 1. The quantitative estimate of drug-likeness (QED) is 0.916. The minimum atomic E-state index is -0.569. The zero-order valence-corrected chi connectivity index (χ0v) is 11.5. The summed E-state index contributed by atoms with van der Waals surface area (Å²) in [4.78, 5) is 23.0. The second kappa shape index (κ2) is 5.85. The molecule has 6 heteroatoms. The van der Waals surface area contributed by atoms with Crippen molar-refractivity contribution in [2.45, 2.75) is 6.10 Å². The summed E-state index contributed by atoms with van der Waals surface area (Å²) in [5.74, 6) is -1.08. The molecule has 1 unspecified atom stereocenters. The Hall–Kier alpha value is -2.89. The van der Waals surface area contributed by atoms with Crippen molar-refractivity contribution in [3.63, 3.8) is 0 Å². The van der Waals surface area contributed by atoms with Crippen LogP contribution < -0.4 is 10.6 Å². The minimum Gasteiger partial charge on any atom is -0.439 e. The van der Waals surface area contributed by atoms with Crippen molar-refractivity contribution in [1.82, 2.24) is 5.32 Å². The number of hydrogen-bond donors (Lipinski definition) is 2. The molecule has 0 aliphatic carbocycles. The highest BCUT2D eigenvalue weighted by Gasteiger charge is 2.23. The first-order valence-corrected chi connectivity index (χ1v) is 6.74. The zero-order valence-electron chi connectivity index (χ0n) is 11.5. The molecule has 1 atom stereocenters. The van der Waals surface area contributed by atoms with Gasteiger partial charge in [-0.1, -0.05) is 24.3 Å². The van der Waals surface area contributed by atoms with Gasteiger partial charge >= 0.3 is 6.09 Å². The lowest BCUT2D eigenvalue weighted by Crippen LogP contribution is -2.14. The molecule has 3 rings (SSSR count). The molecular weight excluding hydrogens is 287 g/mol. The molecule has 1 aliphatic rings. The Kier molecular flexibility index (Phi) is 3.74. The number of anilines is 1. The zero-order chi connectivity index (χ0) is 15.5. The van der Waals surface area contributed by atoms with Crippen LogP contribution >= 0.6 is 0 Å². The Balaban J connectivity index is 1.70. The number of amides is 2. The van der Waals surface area contributed by atoms with Crippen molar-refractivity contribution < 1.29 is 18.7 Å². The van der Waals surface area contributed by atoms with E-state index in [0.29, 0.717) is 12.2 Å². The van der Waals surface area contributed by atoms with Crippen LogP contribution in [0.4, 0.5) is 14.9 Å². The van der Waals surface area contributed by atoms with Crippen LogP contribution in [0.3, 0.4) is 0 Å². The third kappa shape index (κ3) is 2.90. The van der Waals surface area contributed by atoms with Crippen LogP contribution in [0.15, 0.2) is 48.5 Å². The van der Waals surface area contributed by atoms with Gasteiger partial charge in [0.05, 0.1) is 12.1 Å². The van der Waals surface area contributed by atoms with Crippen LogP contribution in [0.2, 0.25) is 0 Å². The van der Waals surface area contributed by atoms with Crippen molar-refractivity contribution in [2.24, 2.45) is 0 Å². The highest BCUT2D eigenvalue weighted by atomic mass is 19.1. The van der Waals surface area contributed by atoms with E-state index in [1.165, 1.54) is 18.2 Å². The molecule has 0 bridgehead atoms. The molecule has 0 spiro atoms. The molecule has 112 valence electrons. The van der Waals surface area contributed by atoms with E-state index in [-0.39, 0.29) is 11.7 Å². The van der Waals surface area contributed by atoms with Gasteiger partial charge in [-0.25, -0.2) is 9.18 Å². The number of hydrogen-bond acceptors (Lipinski definition) is 3. The molecule has 2 N–H and O–H groups in total. The molecular formula is C16H13FN2O3. The second-order valence-electron chi connectivity index (χ2n) is 4.83. The summed E-state index contributed by atoms with van der Waals surface area (Å²) in [6, 6.07) is 12.6. The van der Waals surface area contributed by atoms with Gasteiger partial charge in [-0.15, -0.1) is 0 Å². The van der Waals surface area contributed by atoms with Gasteiger partial charge in [-0.2, -0.15) is 0 Å². The van der Waals surface area contributed by atoms with Gasteiger partial charge in [0.15, 0.2) is 0 Å². The van der Waals surface area contributed by atoms with Gasteiger partial charge in [0, 0.05) is 5.69 Å². The first-order valence-electron chi connectivity index (χ1n) is 6.74. The molecule has 0 saturated carbocycles. The number of benzene rings is 2. The van der Waals surface area contributed by atoms with Crippen LogP contribution in [0.25, 0.3) is 0 Å². The fourth-order valence-electron chi connectivity index (χ4n) is 2.20. The molecule has 0 aromatic heterocycles. The van der Waals surface area contributed by atoms with Crippen molar-refractivity contribution in [2.75, 3.05) is 11.9 Å². The average molecular weight is 300 g/mol. The van der Waals surface area contributed by atoms with Gasteiger partial charge < -0.3 is 15.4 Å². The molecule has 0 radical (unpaired) electrons. The fraction of sp³-hybridized carbons (Fsp3) is 0.125. The predicted octanol–water partition coefficient (Wildman–Crippen LogP) is 2.86. The maximum Gasteiger partial charge on any atom is 0.407 e. The standard InChI is InChI=1S/C16H13FN2O3/c17-13-4-2-1-3-12(13)15(20)19-11-7-5-10(6-8-11)14-9-18-16(21)22-14/h1-8,14H,9H2,(H,18,21)(H,19,20). The maximum atomic E-state index is 13.5.